The number of hydrogen-bond acceptors (Lipinski definition) is 5. The number of nitrogens with zero attached hydrogens (tertiary/aromatic N) is 3. The van der Waals surface area contributed by atoms with Gasteiger partial charge in [0, 0.05) is 30.6 Å². The number of nitrogens with one attached hydrogen (secondary N) is 1. The molecule has 0 spiro atoms. The molecule has 2 amide bonds. The Hall–Kier alpha value is -3.14. The summed E-state index contributed by atoms with van der Waals surface area (Å²) in [5.74, 6) is 0.589. The second-order valence-electron chi connectivity index (χ2n) is 10.5. The predicted octanol–water partition coefficient (Wildman–Crippen LogP) is 4.36. The van der Waals surface area contributed by atoms with Crippen molar-refractivity contribution in [2.24, 2.45) is 11.8 Å². The van der Waals surface area contributed by atoms with Crippen LogP contribution in [0.3, 0.4) is 0 Å². The summed E-state index contributed by atoms with van der Waals surface area (Å²) in [6, 6.07) is 9.39. The summed E-state index contributed by atoms with van der Waals surface area (Å²) in [5, 5.41) is 13.3. The van der Waals surface area contributed by atoms with Crippen LogP contribution >= 0.6 is 0 Å². The number of pyridine rings is 1. The Morgan fingerprint density at radius 3 is 2.67 bits per heavy atom. The first kappa shape index (κ1) is 23.0. The first-order valence-electron chi connectivity index (χ1n) is 11.7. The monoisotopic (exact) mass is 448 g/mol. The van der Waals surface area contributed by atoms with Crippen LogP contribution < -0.4 is 5.32 Å². The second kappa shape index (κ2) is 9.01. The quantitative estimate of drug-likeness (QED) is 0.750. The molecule has 1 aromatic heterocycles. The average Bonchev–Trinajstić information content (AvgIpc) is 3.60. The SMILES string of the molecule is C[C@H]1C[C@H](c2ccc(C#N)c3ncccc23)CN(C(=O)[C@@H](NC(=O)OC(C)(C)C)C2CC2)C1. The van der Waals surface area contributed by atoms with Crippen LogP contribution in [-0.4, -0.2) is 46.6 Å². The lowest BCUT2D eigenvalue weighted by atomic mass is 9.83. The molecule has 2 aromatic rings. The van der Waals surface area contributed by atoms with Crippen molar-refractivity contribution in [1.29, 1.82) is 5.26 Å². The topological polar surface area (TPSA) is 95.3 Å². The molecule has 2 fully saturated rings. The van der Waals surface area contributed by atoms with Gasteiger partial charge < -0.3 is 15.0 Å². The van der Waals surface area contributed by atoms with Crippen LogP contribution in [0, 0.1) is 23.2 Å². The predicted molar refractivity (Wildman–Crippen MR) is 125 cm³/mol. The van der Waals surface area contributed by atoms with Gasteiger partial charge in [0.2, 0.25) is 5.91 Å². The van der Waals surface area contributed by atoms with Crippen LogP contribution in [0.15, 0.2) is 30.5 Å². The van der Waals surface area contributed by atoms with Gasteiger partial charge in [0.25, 0.3) is 0 Å². The fourth-order valence-electron chi connectivity index (χ4n) is 4.84. The molecule has 2 aliphatic rings. The maximum absolute atomic E-state index is 13.6. The van der Waals surface area contributed by atoms with Gasteiger partial charge in [-0.25, -0.2) is 4.79 Å². The molecule has 0 radical (unpaired) electrons. The van der Waals surface area contributed by atoms with Gasteiger partial charge in [-0.05, 0) is 69.6 Å². The number of likely N-dealkylation sites (tertiary alicyclic amines) is 1. The van der Waals surface area contributed by atoms with Gasteiger partial charge in [-0.15, -0.1) is 0 Å². The molecular formula is C26H32N4O3. The van der Waals surface area contributed by atoms with Crippen molar-refractivity contribution in [3.63, 3.8) is 0 Å². The zero-order chi connectivity index (χ0) is 23.8. The number of rotatable bonds is 4. The number of ether oxygens (including phenoxy) is 1. The zero-order valence-corrected chi connectivity index (χ0v) is 19.8. The summed E-state index contributed by atoms with van der Waals surface area (Å²) >= 11 is 0. The molecule has 174 valence electrons. The van der Waals surface area contributed by atoms with E-state index in [4.69, 9.17) is 4.74 Å². The number of fused-ring (bicyclic) bond motifs is 1. The van der Waals surface area contributed by atoms with E-state index in [2.05, 4.69) is 23.3 Å². The summed E-state index contributed by atoms with van der Waals surface area (Å²) in [4.78, 5) is 32.3. The molecule has 33 heavy (non-hydrogen) atoms. The first-order chi connectivity index (χ1) is 15.7. The van der Waals surface area contributed by atoms with Gasteiger partial charge in [0.1, 0.15) is 17.7 Å². The fourth-order valence-corrected chi connectivity index (χ4v) is 4.84. The van der Waals surface area contributed by atoms with E-state index in [1.54, 1.807) is 6.20 Å². The normalized spacial score (nSPS) is 21.8. The second-order valence-corrected chi connectivity index (χ2v) is 10.5. The Kier molecular flexibility index (Phi) is 6.29. The molecular weight excluding hydrogens is 416 g/mol. The number of piperidine rings is 1. The number of alkyl carbamates (subject to hydrolysis) is 1. The van der Waals surface area contributed by atoms with E-state index >= 15 is 0 Å². The van der Waals surface area contributed by atoms with E-state index in [0.717, 1.165) is 30.2 Å². The lowest BCUT2D eigenvalue weighted by Gasteiger charge is -2.39. The maximum Gasteiger partial charge on any atom is 0.408 e. The smallest absolute Gasteiger partial charge is 0.408 e. The number of hydrogen-bond donors (Lipinski definition) is 1. The minimum Gasteiger partial charge on any atom is -0.444 e. The fraction of sp³-hybridized carbons (Fsp3) is 0.538. The zero-order valence-electron chi connectivity index (χ0n) is 19.8. The highest BCUT2D eigenvalue weighted by Crippen LogP contribution is 2.37. The lowest BCUT2D eigenvalue weighted by molar-refractivity contribution is -0.136. The van der Waals surface area contributed by atoms with E-state index in [9.17, 15) is 14.9 Å². The standard InChI is InChI=1S/C26H32N4O3/c1-16-12-19(20-10-9-18(13-27)22-21(20)6-5-11-28-22)15-30(14-16)24(31)23(17-7-8-17)29-25(32)33-26(2,3)4/h5-6,9-11,16-17,19,23H,7-8,12,14-15H2,1-4H3,(H,29,32)/t16-,19-,23-/m0/s1. The summed E-state index contributed by atoms with van der Waals surface area (Å²) in [6.45, 7) is 8.85. The minimum atomic E-state index is -0.614. The first-order valence-corrected chi connectivity index (χ1v) is 11.7. The largest absolute Gasteiger partial charge is 0.444 e. The molecule has 1 aliphatic heterocycles. The van der Waals surface area contributed by atoms with E-state index < -0.39 is 17.7 Å². The molecule has 2 heterocycles. The van der Waals surface area contributed by atoms with Crippen LogP contribution in [-0.2, 0) is 9.53 Å². The summed E-state index contributed by atoms with van der Waals surface area (Å²) in [6.07, 6.45) is 3.98. The van der Waals surface area contributed by atoms with Gasteiger partial charge in [-0.2, -0.15) is 5.26 Å². The van der Waals surface area contributed by atoms with Crippen molar-refractivity contribution in [2.45, 2.75) is 64.5 Å². The van der Waals surface area contributed by atoms with Crippen molar-refractivity contribution in [3.8, 4) is 6.07 Å². The highest BCUT2D eigenvalue weighted by atomic mass is 16.6. The van der Waals surface area contributed by atoms with E-state index in [1.165, 1.54) is 0 Å². The molecule has 3 atom stereocenters. The van der Waals surface area contributed by atoms with Gasteiger partial charge >= 0.3 is 6.09 Å². The molecule has 4 rings (SSSR count). The van der Waals surface area contributed by atoms with Gasteiger partial charge in [-0.1, -0.05) is 19.1 Å². The number of aromatic nitrogens is 1. The van der Waals surface area contributed by atoms with Crippen molar-refractivity contribution in [2.75, 3.05) is 13.1 Å². The Labute approximate surface area is 195 Å². The molecule has 7 heteroatoms. The van der Waals surface area contributed by atoms with E-state index in [1.807, 2.05) is 49.9 Å². The van der Waals surface area contributed by atoms with Gasteiger partial charge in [0.05, 0.1) is 11.1 Å². The molecule has 7 nitrogen and oxygen atoms in total. The number of carbonyl (C=O) groups is 2. The van der Waals surface area contributed by atoms with Crippen molar-refractivity contribution in [1.82, 2.24) is 15.2 Å². The Morgan fingerprint density at radius 1 is 1.24 bits per heavy atom. The molecule has 1 aliphatic carbocycles. The number of amides is 2. The average molecular weight is 449 g/mol. The van der Waals surface area contributed by atoms with E-state index in [-0.39, 0.29) is 17.7 Å². The molecule has 1 N–H and O–H groups in total. The van der Waals surface area contributed by atoms with Crippen molar-refractivity contribution < 1.29 is 14.3 Å². The molecule has 1 saturated heterocycles. The summed E-state index contributed by atoms with van der Waals surface area (Å²) < 4.78 is 5.41. The number of carbonyl (C=O) groups excluding carboxylic acids is 2. The lowest BCUT2D eigenvalue weighted by Crippen LogP contribution is -2.53. The van der Waals surface area contributed by atoms with Crippen LogP contribution in [0.5, 0.6) is 0 Å². The third-order valence-electron chi connectivity index (χ3n) is 6.37. The third kappa shape index (κ3) is 5.27. The van der Waals surface area contributed by atoms with Crippen LogP contribution in [0.4, 0.5) is 4.79 Å². The van der Waals surface area contributed by atoms with Crippen LogP contribution in [0.1, 0.15) is 64.0 Å². The van der Waals surface area contributed by atoms with Gasteiger partial charge in [0.15, 0.2) is 0 Å². The summed E-state index contributed by atoms with van der Waals surface area (Å²) in [7, 11) is 0. The maximum atomic E-state index is 13.6. The Morgan fingerprint density at radius 2 is 2.00 bits per heavy atom. The highest BCUT2D eigenvalue weighted by molar-refractivity contribution is 5.88. The summed E-state index contributed by atoms with van der Waals surface area (Å²) in [5.41, 5.74) is 1.76. The molecule has 1 aromatic carbocycles. The molecule has 1 saturated carbocycles. The van der Waals surface area contributed by atoms with E-state index in [0.29, 0.717) is 30.1 Å². The Bertz CT molecular complexity index is 1100. The van der Waals surface area contributed by atoms with Crippen molar-refractivity contribution in [3.05, 3.63) is 41.6 Å². The van der Waals surface area contributed by atoms with Crippen LogP contribution in [0.25, 0.3) is 10.9 Å². The molecule has 0 unspecified atom stereocenters. The van der Waals surface area contributed by atoms with Crippen molar-refractivity contribution >= 4 is 22.9 Å². The highest BCUT2D eigenvalue weighted by Gasteiger charge is 2.42. The molecule has 0 bridgehead atoms. The number of benzene rings is 1. The Balaban J connectivity index is 1.56. The van der Waals surface area contributed by atoms with Gasteiger partial charge in [-0.3, -0.25) is 9.78 Å². The van der Waals surface area contributed by atoms with Crippen LogP contribution in [0.2, 0.25) is 0 Å². The minimum absolute atomic E-state index is 0.0315. The number of nitriles is 1. The third-order valence-corrected chi connectivity index (χ3v) is 6.37.